The number of hydrogen-bond donors (Lipinski definition) is 0. The Morgan fingerprint density at radius 3 is 2.47 bits per heavy atom. The Bertz CT molecular complexity index is 1550. The van der Waals surface area contributed by atoms with Crippen LogP contribution >= 0.6 is 0 Å². The van der Waals surface area contributed by atoms with E-state index in [0.29, 0.717) is 46.3 Å². The van der Waals surface area contributed by atoms with Crippen LogP contribution in [0.25, 0.3) is 15.6 Å². The predicted octanol–water partition coefficient (Wildman–Crippen LogP) is 4.78. The van der Waals surface area contributed by atoms with Gasteiger partial charge in [0.1, 0.15) is 11.4 Å². The summed E-state index contributed by atoms with van der Waals surface area (Å²) in [4.78, 5) is 32.8. The summed E-state index contributed by atoms with van der Waals surface area (Å²) in [5.74, 6) is -1.35. The van der Waals surface area contributed by atoms with E-state index in [9.17, 15) is 14.9 Å². The number of hydrogen-bond acceptors (Lipinski definition) is 6. The fraction of sp³-hybridized carbons (Fsp3) is 0.333. The van der Waals surface area contributed by atoms with E-state index in [1.54, 1.807) is 43.5 Å². The summed E-state index contributed by atoms with van der Waals surface area (Å²) in [7, 11) is 1.60. The number of carbonyl (C=O) groups excluding carboxylic acids is 2. The second kappa shape index (κ2) is 8.66. The largest absolute Gasteiger partial charge is 0.494 e. The molecule has 2 amide bonds. The Kier molecular flexibility index (Phi) is 5.50. The maximum absolute atomic E-state index is 14.1. The van der Waals surface area contributed by atoms with Gasteiger partial charge in [-0.25, -0.2) is 9.74 Å². The number of imide groups is 1. The molecule has 3 aliphatic heterocycles. The molecule has 0 N–H and O–H groups in total. The van der Waals surface area contributed by atoms with Gasteiger partial charge >= 0.3 is 0 Å². The van der Waals surface area contributed by atoms with Crippen LogP contribution < -0.4 is 9.64 Å². The first-order valence-corrected chi connectivity index (χ1v) is 12.5. The Hall–Kier alpha value is -4.24. The molecule has 3 aromatic rings. The highest BCUT2D eigenvalue weighted by Crippen LogP contribution is 2.63. The molecule has 2 unspecified atom stereocenters. The average molecular weight is 508 g/mol. The number of methoxy groups -OCH3 is 1. The van der Waals surface area contributed by atoms with Crippen LogP contribution in [0.1, 0.15) is 25.3 Å². The second-order valence-electron chi connectivity index (χ2n) is 10.2. The number of ether oxygens (including phenoxy) is 3. The fourth-order valence-electron chi connectivity index (χ4n) is 6.69. The molecule has 190 valence electrons. The molecule has 3 aliphatic rings. The lowest BCUT2D eigenvalue weighted by Gasteiger charge is -2.35. The van der Waals surface area contributed by atoms with Gasteiger partial charge < -0.3 is 14.2 Å². The van der Waals surface area contributed by atoms with Crippen molar-refractivity contribution < 1.29 is 23.8 Å². The Morgan fingerprint density at radius 1 is 1.08 bits per heavy atom. The summed E-state index contributed by atoms with van der Waals surface area (Å²) in [6, 6.07) is 19.7. The summed E-state index contributed by atoms with van der Waals surface area (Å²) in [6.07, 6.45) is 0.522. The van der Waals surface area contributed by atoms with E-state index in [-0.39, 0.29) is 24.5 Å². The SMILES string of the molecule is [C-]#[N+]c1ccc(OCCC23C[C@H](OC)C(C)(O2)[C@@H]2C(=O)N(c4ccc(C#N)c5ccccc45)C(=O)[C@@H]23)cc1. The fourth-order valence-corrected chi connectivity index (χ4v) is 6.69. The van der Waals surface area contributed by atoms with Crippen molar-refractivity contribution >= 4 is 34.0 Å². The number of anilines is 1. The van der Waals surface area contributed by atoms with Gasteiger partial charge in [-0.15, -0.1) is 0 Å². The van der Waals surface area contributed by atoms with Crippen LogP contribution in [0, 0.1) is 29.7 Å². The van der Waals surface area contributed by atoms with Crippen molar-refractivity contribution in [1.29, 1.82) is 5.26 Å². The lowest BCUT2D eigenvalue weighted by atomic mass is 9.66. The lowest BCUT2D eigenvalue weighted by molar-refractivity contribution is -0.135. The second-order valence-corrected chi connectivity index (χ2v) is 10.2. The minimum absolute atomic E-state index is 0.272. The lowest BCUT2D eigenvalue weighted by Crippen LogP contribution is -2.50. The third-order valence-corrected chi connectivity index (χ3v) is 8.39. The number of amides is 2. The minimum atomic E-state index is -0.958. The van der Waals surface area contributed by atoms with Gasteiger partial charge in [0, 0.05) is 30.7 Å². The molecule has 3 heterocycles. The van der Waals surface area contributed by atoms with Crippen molar-refractivity contribution in [3.05, 3.63) is 77.6 Å². The molecule has 2 bridgehead atoms. The molecular weight excluding hydrogens is 482 g/mol. The van der Waals surface area contributed by atoms with Crippen LogP contribution in [0.15, 0.2) is 60.7 Å². The van der Waals surface area contributed by atoms with Crippen LogP contribution in [-0.4, -0.2) is 42.8 Å². The zero-order valence-electron chi connectivity index (χ0n) is 21.0. The molecule has 3 fully saturated rings. The maximum Gasteiger partial charge on any atom is 0.240 e. The number of nitrogens with zero attached hydrogens (tertiary/aromatic N) is 3. The molecule has 0 saturated carbocycles. The van der Waals surface area contributed by atoms with Crippen LogP contribution in [0.5, 0.6) is 5.75 Å². The van der Waals surface area contributed by atoms with E-state index in [1.165, 1.54) is 4.90 Å². The van der Waals surface area contributed by atoms with Gasteiger partial charge in [0.2, 0.25) is 11.8 Å². The van der Waals surface area contributed by atoms with Gasteiger partial charge in [0.15, 0.2) is 5.69 Å². The van der Waals surface area contributed by atoms with Crippen molar-refractivity contribution in [2.24, 2.45) is 11.8 Å². The zero-order chi connectivity index (χ0) is 26.7. The molecule has 3 saturated heterocycles. The predicted molar refractivity (Wildman–Crippen MR) is 139 cm³/mol. The van der Waals surface area contributed by atoms with E-state index in [2.05, 4.69) is 10.9 Å². The molecule has 0 radical (unpaired) electrons. The van der Waals surface area contributed by atoms with Gasteiger partial charge in [-0.2, -0.15) is 5.26 Å². The van der Waals surface area contributed by atoms with E-state index in [0.717, 1.165) is 0 Å². The minimum Gasteiger partial charge on any atom is -0.494 e. The Labute approximate surface area is 220 Å². The summed E-state index contributed by atoms with van der Waals surface area (Å²) >= 11 is 0. The number of fused-ring (bicyclic) bond motifs is 6. The van der Waals surface area contributed by atoms with Gasteiger partial charge in [0.05, 0.1) is 54.0 Å². The van der Waals surface area contributed by atoms with Crippen molar-refractivity contribution in [3.63, 3.8) is 0 Å². The Balaban J connectivity index is 1.35. The number of rotatable bonds is 6. The standard InChI is InChI=1S/C30H25N3O5/c1-29-24(36-3)16-30(38-29,14-15-37-20-11-9-19(32-2)10-12-20)26-25(29)27(34)33(28(26)35)23-13-8-18(17-31)21-6-4-5-7-22(21)23/h4-13,24-26H,14-16H2,1,3H3/t24-,25-,26+,29?,30?/m0/s1. The molecular formula is C30H25N3O5. The monoisotopic (exact) mass is 507 g/mol. The summed E-state index contributed by atoms with van der Waals surface area (Å²) in [5, 5.41) is 10.9. The molecule has 8 nitrogen and oxygen atoms in total. The summed E-state index contributed by atoms with van der Waals surface area (Å²) in [6.45, 7) is 9.24. The number of carbonyl (C=O) groups is 2. The van der Waals surface area contributed by atoms with Gasteiger partial charge in [-0.05, 0) is 31.2 Å². The molecule has 0 aromatic heterocycles. The molecule has 3 aromatic carbocycles. The van der Waals surface area contributed by atoms with Crippen molar-refractivity contribution in [2.75, 3.05) is 18.6 Å². The van der Waals surface area contributed by atoms with Crippen molar-refractivity contribution in [3.8, 4) is 11.8 Å². The van der Waals surface area contributed by atoms with Crippen LogP contribution in [0.4, 0.5) is 11.4 Å². The van der Waals surface area contributed by atoms with Crippen LogP contribution in [-0.2, 0) is 19.1 Å². The topological polar surface area (TPSA) is 93.2 Å². The smallest absolute Gasteiger partial charge is 0.240 e. The quantitative estimate of drug-likeness (QED) is 0.352. The van der Waals surface area contributed by atoms with E-state index in [4.69, 9.17) is 20.8 Å². The third kappa shape index (κ3) is 3.28. The first kappa shape index (κ1) is 24.1. The zero-order valence-corrected chi connectivity index (χ0v) is 21.0. The molecule has 0 aliphatic carbocycles. The average Bonchev–Trinajstić information content (AvgIpc) is 3.49. The van der Waals surface area contributed by atoms with Gasteiger partial charge in [-0.3, -0.25) is 9.59 Å². The number of benzene rings is 3. The van der Waals surface area contributed by atoms with E-state index < -0.39 is 23.0 Å². The molecule has 8 heteroatoms. The summed E-state index contributed by atoms with van der Waals surface area (Å²) in [5.41, 5.74) is -0.386. The highest BCUT2D eigenvalue weighted by atomic mass is 16.6. The van der Waals surface area contributed by atoms with E-state index >= 15 is 0 Å². The first-order chi connectivity index (χ1) is 18.4. The highest BCUT2D eigenvalue weighted by Gasteiger charge is 2.77. The summed E-state index contributed by atoms with van der Waals surface area (Å²) < 4.78 is 18.3. The van der Waals surface area contributed by atoms with E-state index in [1.807, 2.05) is 31.2 Å². The van der Waals surface area contributed by atoms with Gasteiger partial charge in [0.25, 0.3) is 0 Å². The normalized spacial score (nSPS) is 29.4. The first-order valence-electron chi connectivity index (χ1n) is 12.5. The van der Waals surface area contributed by atoms with Crippen LogP contribution in [0.2, 0.25) is 0 Å². The molecule has 6 rings (SSSR count). The Morgan fingerprint density at radius 2 is 1.79 bits per heavy atom. The van der Waals surface area contributed by atoms with Crippen LogP contribution in [0.3, 0.4) is 0 Å². The maximum atomic E-state index is 14.1. The third-order valence-electron chi connectivity index (χ3n) is 8.39. The molecule has 5 atom stereocenters. The van der Waals surface area contributed by atoms with Gasteiger partial charge in [-0.1, -0.05) is 36.4 Å². The molecule has 38 heavy (non-hydrogen) atoms. The molecule has 0 spiro atoms. The number of nitriles is 1. The highest BCUT2D eigenvalue weighted by molar-refractivity contribution is 6.26. The van der Waals surface area contributed by atoms with Crippen molar-refractivity contribution in [1.82, 2.24) is 0 Å². The van der Waals surface area contributed by atoms with Crippen molar-refractivity contribution in [2.45, 2.75) is 37.1 Å².